The number of amides is 1. The molecular weight excluding hydrogens is 369 g/mol. The van der Waals surface area contributed by atoms with Gasteiger partial charge in [0.2, 0.25) is 5.91 Å². The number of fused-ring (bicyclic) bond motifs is 1. The van der Waals surface area contributed by atoms with Crippen LogP contribution in [0.2, 0.25) is 10.0 Å². The van der Waals surface area contributed by atoms with Gasteiger partial charge in [0.25, 0.3) is 0 Å². The summed E-state index contributed by atoms with van der Waals surface area (Å²) in [6.07, 6.45) is 3.85. The van der Waals surface area contributed by atoms with Crippen molar-refractivity contribution in [3.05, 3.63) is 76.0 Å². The molecule has 0 radical (unpaired) electrons. The molecule has 0 spiro atoms. The zero-order valence-electron chi connectivity index (χ0n) is 14.4. The van der Waals surface area contributed by atoms with Gasteiger partial charge in [0, 0.05) is 23.0 Å². The lowest BCUT2D eigenvalue weighted by Gasteiger charge is -2.11. The van der Waals surface area contributed by atoms with Gasteiger partial charge in [0.05, 0.1) is 17.6 Å². The minimum Gasteiger partial charge on any atom is -0.352 e. The molecule has 4 nitrogen and oxygen atoms in total. The zero-order valence-corrected chi connectivity index (χ0v) is 15.9. The Labute approximate surface area is 162 Å². The third kappa shape index (κ3) is 4.26. The van der Waals surface area contributed by atoms with E-state index in [0.29, 0.717) is 29.6 Å². The summed E-state index contributed by atoms with van der Waals surface area (Å²) < 4.78 is 2.13. The van der Waals surface area contributed by atoms with E-state index < -0.39 is 0 Å². The average Bonchev–Trinajstić information content (AvgIpc) is 2.95. The zero-order chi connectivity index (χ0) is 18.5. The Hall–Kier alpha value is -2.30. The van der Waals surface area contributed by atoms with Crippen LogP contribution >= 0.6 is 23.2 Å². The molecule has 2 aromatic carbocycles. The van der Waals surface area contributed by atoms with Gasteiger partial charge >= 0.3 is 0 Å². The number of carbonyl (C=O) groups is 1. The number of carbonyl (C=O) groups excluding carboxylic acids is 1. The molecule has 0 fully saturated rings. The Bertz CT molecular complexity index is 963. The number of para-hydroxylation sites is 2. The maximum absolute atomic E-state index is 11.6. The van der Waals surface area contributed by atoms with Crippen molar-refractivity contribution in [1.82, 2.24) is 14.9 Å². The number of imidazole rings is 1. The SMILES string of the molecule is C/C=C/C(=O)NCCc1nc2ccccc2n1Cc1ccc(Cl)cc1Cl. The minimum absolute atomic E-state index is 0.101. The van der Waals surface area contributed by atoms with Crippen molar-refractivity contribution in [2.45, 2.75) is 19.9 Å². The molecule has 0 aliphatic carbocycles. The molecule has 0 saturated carbocycles. The molecule has 26 heavy (non-hydrogen) atoms. The number of aromatic nitrogens is 2. The summed E-state index contributed by atoms with van der Waals surface area (Å²) in [5.41, 5.74) is 2.93. The van der Waals surface area contributed by atoms with Gasteiger partial charge in [-0.3, -0.25) is 4.79 Å². The Morgan fingerprint density at radius 1 is 1.23 bits per heavy atom. The molecule has 0 aliphatic heterocycles. The fourth-order valence-electron chi connectivity index (χ4n) is 2.82. The van der Waals surface area contributed by atoms with E-state index in [4.69, 9.17) is 28.2 Å². The molecule has 3 aromatic rings. The second-order valence-corrected chi connectivity index (χ2v) is 6.72. The van der Waals surface area contributed by atoms with Gasteiger partial charge in [0.15, 0.2) is 0 Å². The van der Waals surface area contributed by atoms with E-state index in [2.05, 4.69) is 9.88 Å². The molecule has 0 unspecified atom stereocenters. The van der Waals surface area contributed by atoms with E-state index in [-0.39, 0.29) is 5.91 Å². The summed E-state index contributed by atoms with van der Waals surface area (Å²) in [6.45, 7) is 2.92. The number of hydrogen-bond donors (Lipinski definition) is 1. The highest BCUT2D eigenvalue weighted by Gasteiger charge is 2.12. The first kappa shape index (κ1) is 18.5. The van der Waals surface area contributed by atoms with Crippen LogP contribution in [-0.2, 0) is 17.8 Å². The largest absolute Gasteiger partial charge is 0.352 e. The van der Waals surface area contributed by atoms with Gasteiger partial charge in [-0.2, -0.15) is 0 Å². The van der Waals surface area contributed by atoms with Gasteiger partial charge in [0.1, 0.15) is 5.82 Å². The van der Waals surface area contributed by atoms with Gasteiger partial charge in [-0.1, -0.05) is 47.5 Å². The summed E-state index contributed by atoms with van der Waals surface area (Å²) in [4.78, 5) is 16.3. The number of nitrogens with zero attached hydrogens (tertiary/aromatic N) is 2. The summed E-state index contributed by atoms with van der Waals surface area (Å²) in [5, 5.41) is 4.10. The van der Waals surface area contributed by atoms with E-state index in [1.165, 1.54) is 6.08 Å². The highest BCUT2D eigenvalue weighted by molar-refractivity contribution is 6.35. The standard InChI is InChI=1S/C20H19Cl2N3O/c1-2-5-20(26)23-11-10-19-24-17-6-3-4-7-18(17)25(19)13-14-8-9-15(21)12-16(14)22/h2-9,12H,10-11,13H2,1H3,(H,23,26)/b5-2+. The molecule has 0 bridgehead atoms. The van der Waals surface area contributed by atoms with Crippen molar-refractivity contribution in [2.75, 3.05) is 6.54 Å². The summed E-state index contributed by atoms with van der Waals surface area (Å²) in [7, 11) is 0. The van der Waals surface area contributed by atoms with Gasteiger partial charge < -0.3 is 9.88 Å². The maximum Gasteiger partial charge on any atom is 0.243 e. The second-order valence-electron chi connectivity index (χ2n) is 5.88. The first-order valence-corrected chi connectivity index (χ1v) is 9.12. The predicted octanol–water partition coefficient (Wildman–Crippen LogP) is 4.63. The normalized spacial score (nSPS) is 11.3. The lowest BCUT2D eigenvalue weighted by Crippen LogP contribution is -2.24. The highest BCUT2D eigenvalue weighted by atomic mass is 35.5. The fraction of sp³-hybridized carbons (Fsp3) is 0.200. The first-order valence-electron chi connectivity index (χ1n) is 8.37. The fourth-order valence-corrected chi connectivity index (χ4v) is 3.29. The number of nitrogens with one attached hydrogen (secondary N) is 1. The van der Waals surface area contributed by atoms with E-state index in [1.807, 2.05) is 43.3 Å². The smallest absolute Gasteiger partial charge is 0.243 e. The van der Waals surface area contributed by atoms with Crippen molar-refractivity contribution >= 4 is 40.1 Å². The summed E-state index contributed by atoms with van der Waals surface area (Å²) in [6, 6.07) is 13.5. The van der Waals surface area contributed by atoms with E-state index >= 15 is 0 Å². The van der Waals surface area contributed by atoms with Crippen LogP contribution in [-0.4, -0.2) is 22.0 Å². The van der Waals surface area contributed by atoms with Crippen LogP contribution in [0, 0.1) is 0 Å². The molecule has 1 heterocycles. The molecule has 0 atom stereocenters. The minimum atomic E-state index is -0.101. The summed E-state index contributed by atoms with van der Waals surface area (Å²) >= 11 is 12.3. The third-order valence-electron chi connectivity index (χ3n) is 4.04. The van der Waals surface area contributed by atoms with Crippen LogP contribution in [0.3, 0.4) is 0 Å². The predicted molar refractivity (Wildman–Crippen MR) is 107 cm³/mol. The lowest BCUT2D eigenvalue weighted by atomic mass is 10.2. The number of halogens is 2. The van der Waals surface area contributed by atoms with Crippen LogP contribution in [0.4, 0.5) is 0 Å². The Morgan fingerprint density at radius 3 is 2.81 bits per heavy atom. The summed E-state index contributed by atoms with van der Waals surface area (Å²) in [5.74, 6) is 0.800. The van der Waals surface area contributed by atoms with Gasteiger partial charge in [-0.15, -0.1) is 0 Å². The second kappa shape index (κ2) is 8.39. The van der Waals surface area contributed by atoms with Crippen LogP contribution in [0.25, 0.3) is 11.0 Å². The average molecular weight is 388 g/mol. The molecular formula is C20H19Cl2N3O. The molecule has 1 amide bonds. The van der Waals surface area contributed by atoms with Crippen molar-refractivity contribution in [1.29, 1.82) is 0 Å². The molecule has 1 N–H and O–H groups in total. The van der Waals surface area contributed by atoms with Crippen LogP contribution in [0.1, 0.15) is 18.3 Å². The topological polar surface area (TPSA) is 46.9 Å². The number of allylic oxidation sites excluding steroid dienone is 1. The Balaban J connectivity index is 1.88. The van der Waals surface area contributed by atoms with Gasteiger partial charge in [-0.05, 0) is 42.8 Å². The molecule has 0 aliphatic rings. The molecule has 6 heteroatoms. The molecule has 0 saturated heterocycles. The number of benzene rings is 2. The first-order chi connectivity index (χ1) is 12.6. The van der Waals surface area contributed by atoms with E-state index in [1.54, 1.807) is 12.1 Å². The van der Waals surface area contributed by atoms with Crippen molar-refractivity contribution in [2.24, 2.45) is 0 Å². The van der Waals surface area contributed by atoms with E-state index in [0.717, 1.165) is 22.4 Å². The number of hydrogen-bond acceptors (Lipinski definition) is 2. The van der Waals surface area contributed by atoms with E-state index in [9.17, 15) is 4.79 Å². The van der Waals surface area contributed by atoms with Crippen LogP contribution in [0.15, 0.2) is 54.6 Å². The quantitative estimate of drug-likeness (QED) is 0.626. The third-order valence-corrected chi connectivity index (χ3v) is 4.63. The van der Waals surface area contributed by atoms with Crippen molar-refractivity contribution < 1.29 is 4.79 Å². The van der Waals surface area contributed by atoms with Crippen molar-refractivity contribution in [3.63, 3.8) is 0 Å². The molecule has 3 rings (SSSR count). The maximum atomic E-state index is 11.6. The highest BCUT2D eigenvalue weighted by Crippen LogP contribution is 2.24. The molecule has 134 valence electrons. The Kier molecular flexibility index (Phi) is 5.96. The van der Waals surface area contributed by atoms with Crippen LogP contribution < -0.4 is 5.32 Å². The monoisotopic (exact) mass is 387 g/mol. The molecule has 1 aromatic heterocycles. The van der Waals surface area contributed by atoms with Crippen LogP contribution in [0.5, 0.6) is 0 Å². The van der Waals surface area contributed by atoms with Crippen molar-refractivity contribution in [3.8, 4) is 0 Å². The van der Waals surface area contributed by atoms with Gasteiger partial charge in [-0.25, -0.2) is 4.98 Å². The Morgan fingerprint density at radius 2 is 2.04 bits per heavy atom. The number of rotatable bonds is 6. The lowest BCUT2D eigenvalue weighted by molar-refractivity contribution is -0.116.